The van der Waals surface area contributed by atoms with E-state index < -0.39 is 24.4 Å². The molecule has 14 heteroatoms. The van der Waals surface area contributed by atoms with Gasteiger partial charge in [0.1, 0.15) is 11.5 Å². The summed E-state index contributed by atoms with van der Waals surface area (Å²) in [5.41, 5.74) is 5.63. The molecule has 5 rings (SSSR count). The summed E-state index contributed by atoms with van der Waals surface area (Å²) in [5, 5.41) is 0.530. The van der Waals surface area contributed by atoms with Crippen molar-refractivity contribution in [2.75, 3.05) is 0 Å². The van der Waals surface area contributed by atoms with Crippen LogP contribution in [-0.2, 0) is 24.5 Å². The number of aromatic nitrogens is 5. The van der Waals surface area contributed by atoms with Crippen LogP contribution in [0.25, 0.3) is 28.0 Å². The molecule has 1 aliphatic carbocycles. The maximum Gasteiger partial charge on any atom is 0.434 e. The van der Waals surface area contributed by atoms with Gasteiger partial charge >= 0.3 is 12.8 Å². The molecule has 3 aromatic heterocycles. The van der Waals surface area contributed by atoms with Gasteiger partial charge in [0.2, 0.25) is 5.88 Å². The maximum absolute atomic E-state index is 13.1. The number of fused-ring (bicyclic) bond motifs is 1. The first-order valence-corrected chi connectivity index (χ1v) is 12.5. The zero-order valence-electron chi connectivity index (χ0n) is 21.6. The molecule has 41 heavy (non-hydrogen) atoms. The minimum atomic E-state index is -4.57. The van der Waals surface area contributed by atoms with Crippen molar-refractivity contribution in [1.82, 2.24) is 24.1 Å². The third-order valence-corrected chi connectivity index (χ3v) is 6.55. The van der Waals surface area contributed by atoms with Crippen LogP contribution in [0.15, 0.2) is 64.5 Å². The minimum Gasteiger partial charge on any atom is -0.416 e. The van der Waals surface area contributed by atoms with Crippen LogP contribution in [0.1, 0.15) is 36.3 Å². The zero-order chi connectivity index (χ0) is 29.3. The third kappa shape index (κ3) is 6.26. The summed E-state index contributed by atoms with van der Waals surface area (Å²) in [4.78, 5) is 29.3. The predicted octanol–water partition coefficient (Wildman–Crippen LogP) is 4.95. The monoisotopic (exact) mass is 573 g/mol. The van der Waals surface area contributed by atoms with Crippen LogP contribution in [-0.4, -0.2) is 37.0 Å². The molecule has 3 heterocycles. The van der Waals surface area contributed by atoms with Gasteiger partial charge in [-0.25, -0.2) is 19.9 Å². The molecule has 4 aromatic rings. The van der Waals surface area contributed by atoms with Crippen molar-refractivity contribution < 1.29 is 26.7 Å². The summed E-state index contributed by atoms with van der Waals surface area (Å²) in [5.74, 6) is 0.0595. The summed E-state index contributed by atoms with van der Waals surface area (Å²) in [6.07, 6.45) is 0.827. The minimum absolute atomic E-state index is 0.0737. The van der Waals surface area contributed by atoms with Crippen molar-refractivity contribution in [3.63, 3.8) is 0 Å². The lowest BCUT2D eigenvalue weighted by molar-refractivity contribution is -0.140. The fourth-order valence-corrected chi connectivity index (χ4v) is 4.40. The van der Waals surface area contributed by atoms with Crippen molar-refractivity contribution >= 4 is 22.9 Å². The first-order chi connectivity index (χ1) is 19.5. The van der Waals surface area contributed by atoms with Gasteiger partial charge in [0.25, 0.3) is 5.56 Å². The Hall–Kier alpha value is -4.62. The van der Waals surface area contributed by atoms with Gasteiger partial charge in [0.15, 0.2) is 11.5 Å². The Labute approximate surface area is 229 Å². The summed E-state index contributed by atoms with van der Waals surface area (Å²) in [6, 6.07) is 9.49. The van der Waals surface area contributed by atoms with E-state index in [0.29, 0.717) is 22.9 Å². The number of aliphatic imine (C=N–C) groups is 1. The van der Waals surface area contributed by atoms with Crippen LogP contribution in [0.3, 0.4) is 0 Å². The number of halogens is 5. The quantitative estimate of drug-likeness (QED) is 0.131. The van der Waals surface area contributed by atoms with Gasteiger partial charge in [-0.15, -0.1) is 0 Å². The van der Waals surface area contributed by atoms with E-state index in [-0.39, 0.29) is 40.9 Å². The summed E-state index contributed by atoms with van der Waals surface area (Å²) in [7, 11) is 1.47. The first-order valence-electron chi connectivity index (χ1n) is 12.5. The van der Waals surface area contributed by atoms with Gasteiger partial charge in [0, 0.05) is 36.5 Å². The summed E-state index contributed by atoms with van der Waals surface area (Å²) >= 11 is 0. The maximum atomic E-state index is 13.1. The highest BCUT2D eigenvalue weighted by molar-refractivity contribution is 5.77. The van der Waals surface area contributed by atoms with E-state index in [1.54, 1.807) is 30.3 Å². The standard InChI is InChI=1S/C27H24F5N7O2/c1-38-13-20(27(30,31)32)36-23(38)17-6-4-16(5-7-17)12-39-21(40)9-8-18-11-34-22(37-24(18)39)19(10-15-2-3-15)25(35-14-33)41-26(28)29/h4-9,11,13-15,26H,2-3,10,12H2,1H3,(H2,33,35)/b25-19-. The number of benzene rings is 1. The topological polar surface area (TPSA) is 113 Å². The molecule has 1 fully saturated rings. The SMILES string of the molecule is Cn1cc(C(F)(F)F)nc1-c1ccc(Cn2c(=O)ccc3cnc(/C(CC4CC4)=C(/N=C\N)OC(F)F)nc32)cc1. The van der Waals surface area contributed by atoms with Crippen LogP contribution >= 0.6 is 0 Å². The normalized spacial score (nSPS) is 14.7. The van der Waals surface area contributed by atoms with Gasteiger partial charge in [-0.3, -0.25) is 9.36 Å². The highest BCUT2D eigenvalue weighted by Crippen LogP contribution is 2.39. The lowest BCUT2D eigenvalue weighted by atomic mass is 10.1. The largest absolute Gasteiger partial charge is 0.434 e. The number of nitrogens with two attached hydrogens (primary N) is 1. The average Bonchev–Trinajstić information content (AvgIpc) is 3.66. The van der Waals surface area contributed by atoms with Gasteiger partial charge < -0.3 is 15.0 Å². The average molecular weight is 574 g/mol. The molecule has 0 bridgehead atoms. The smallest absolute Gasteiger partial charge is 0.416 e. The second kappa shape index (κ2) is 11.1. The second-order valence-corrected chi connectivity index (χ2v) is 9.57. The number of allylic oxidation sites excluding steroid dienone is 1. The van der Waals surface area contributed by atoms with Crippen molar-refractivity contribution in [1.29, 1.82) is 0 Å². The van der Waals surface area contributed by atoms with Crippen LogP contribution in [0.2, 0.25) is 0 Å². The van der Waals surface area contributed by atoms with E-state index in [9.17, 15) is 26.7 Å². The number of hydrogen-bond donors (Lipinski definition) is 1. The van der Waals surface area contributed by atoms with Crippen LogP contribution in [0, 0.1) is 5.92 Å². The molecule has 214 valence electrons. The van der Waals surface area contributed by atoms with E-state index >= 15 is 0 Å². The van der Waals surface area contributed by atoms with Gasteiger partial charge in [-0.2, -0.15) is 22.0 Å². The number of rotatable bonds is 9. The molecule has 1 aromatic carbocycles. The molecule has 0 saturated heterocycles. The Morgan fingerprint density at radius 3 is 2.51 bits per heavy atom. The third-order valence-electron chi connectivity index (χ3n) is 6.55. The van der Waals surface area contributed by atoms with Crippen molar-refractivity contribution in [3.05, 3.63) is 82.1 Å². The molecule has 0 unspecified atom stereocenters. The highest BCUT2D eigenvalue weighted by atomic mass is 19.4. The molecule has 0 spiro atoms. The van der Waals surface area contributed by atoms with Gasteiger partial charge in [0.05, 0.1) is 18.5 Å². The Balaban J connectivity index is 1.52. The lowest BCUT2D eigenvalue weighted by Crippen LogP contribution is -2.21. The fourth-order valence-electron chi connectivity index (χ4n) is 4.40. The van der Waals surface area contributed by atoms with E-state index in [4.69, 9.17) is 5.73 Å². The van der Waals surface area contributed by atoms with Crippen molar-refractivity contribution in [2.45, 2.75) is 38.6 Å². The Morgan fingerprint density at radius 1 is 1.17 bits per heavy atom. The predicted molar refractivity (Wildman–Crippen MR) is 141 cm³/mol. The number of ether oxygens (including phenoxy) is 1. The molecule has 0 amide bonds. The molecular formula is C27H24F5N7O2. The number of pyridine rings is 1. The highest BCUT2D eigenvalue weighted by Gasteiger charge is 2.34. The van der Waals surface area contributed by atoms with E-state index in [1.807, 2.05) is 0 Å². The number of alkyl halides is 5. The van der Waals surface area contributed by atoms with E-state index in [0.717, 1.165) is 25.4 Å². The molecular weight excluding hydrogens is 549 g/mol. The number of nitrogens with zero attached hydrogens (tertiary/aromatic N) is 6. The van der Waals surface area contributed by atoms with E-state index in [2.05, 4.69) is 24.7 Å². The van der Waals surface area contributed by atoms with Gasteiger partial charge in [-0.1, -0.05) is 24.3 Å². The molecule has 0 radical (unpaired) electrons. The van der Waals surface area contributed by atoms with Crippen molar-refractivity contribution in [2.24, 2.45) is 23.7 Å². The number of imidazole rings is 1. The van der Waals surface area contributed by atoms with Crippen molar-refractivity contribution in [3.8, 4) is 11.4 Å². The Morgan fingerprint density at radius 2 is 1.90 bits per heavy atom. The van der Waals surface area contributed by atoms with Crippen LogP contribution in [0.5, 0.6) is 0 Å². The van der Waals surface area contributed by atoms with Gasteiger partial charge in [-0.05, 0) is 36.8 Å². The Bertz CT molecular complexity index is 1690. The molecule has 1 aliphatic rings. The first kappa shape index (κ1) is 27.9. The van der Waals surface area contributed by atoms with Crippen LogP contribution in [0.4, 0.5) is 22.0 Å². The molecule has 0 aliphatic heterocycles. The summed E-state index contributed by atoms with van der Waals surface area (Å²) in [6.45, 7) is -3.07. The molecule has 2 N–H and O–H groups in total. The number of hydrogen-bond acceptors (Lipinski definition) is 6. The molecule has 1 saturated carbocycles. The Kier molecular flexibility index (Phi) is 7.56. The zero-order valence-corrected chi connectivity index (χ0v) is 21.6. The summed E-state index contributed by atoms with van der Waals surface area (Å²) < 4.78 is 72.8. The van der Waals surface area contributed by atoms with E-state index in [1.165, 1.54) is 28.4 Å². The van der Waals surface area contributed by atoms with Crippen LogP contribution < -0.4 is 11.3 Å². The fraction of sp³-hybridized carbons (Fsp3) is 0.296. The second-order valence-electron chi connectivity index (χ2n) is 9.57. The molecule has 0 atom stereocenters. The lowest BCUT2D eigenvalue weighted by Gasteiger charge is -2.14. The number of aryl methyl sites for hydroxylation is 1. The molecule has 9 nitrogen and oxygen atoms in total.